The molecule has 25 rings (SSSR count). The Labute approximate surface area is 823 Å². The van der Waals surface area contributed by atoms with Gasteiger partial charge in [-0.1, -0.05) is 248 Å². The molecule has 0 atom stereocenters. The average molecular weight is 1830 g/mol. The molecule has 0 aliphatic carbocycles. The van der Waals surface area contributed by atoms with Crippen LogP contribution < -0.4 is 22.8 Å². The Balaban J connectivity index is 0.000000122. The van der Waals surface area contributed by atoms with Crippen LogP contribution in [0.25, 0.3) is 195 Å². The van der Waals surface area contributed by atoms with Crippen LogP contribution in [0.4, 0.5) is 0 Å². The highest BCUT2D eigenvalue weighted by atomic mass is 15.2. The summed E-state index contributed by atoms with van der Waals surface area (Å²) in [6.45, 7) is 8.46. The summed E-state index contributed by atoms with van der Waals surface area (Å²) in [5, 5.41) is 7.88. The maximum absolute atomic E-state index is 8.26. The molecule has 10 heterocycles. The maximum atomic E-state index is 8.26. The number of rotatable bonds is 10. The summed E-state index contributed by atoms with van der Waals surface area (Å²) < 4.78 is 47.5. The summed E-state index contributed by atoms with van der Waals surface area (Å²) in [5.41, 5.74) is 31.8. The fourth-order valence-electron chi connectivity index (χ4n) is 19.9. The van der Waals surface area contributed by atoms with Crippen molar-refractivity contribution in [2.75, 3.05) is 0 Å². The van der Waals surface area contributed by atoms with Gasteiger partial charge < -0.3 is 0 Å². The molecule has 688 valence electrons. The molecule has 0 fully saturated rings. The Morgan fingerprint density at radius 2 is 0.536 bits per heavy atom. The molecule has 25 aromatic rings. The van der Waals surface area contributed by atoms with Crippen LogP contribution in [-0.4, -0.2) is 47.8 Å². The zero-order chi connectivity index (χ0) is 95.3. The monoisotopic (exact) mass is 1830 g/mol. The van der Waals surface area contributed by atoms with Crippen LogP contribution in [-0.2, 0) is 35.2 Å². The van der Waals surface area contributed by atoms with E-state index in [4.69, 9.17) is 9.10 Å². The van der Waals surface area contributed by atoms with Gasteiger partial charge in [-0.3, -0.25) is 24.9 Å². The van der Waals surface area contributed by atoms with Gasteiger partial charge in [0.05, 0.1) is 68.6 Å². The summed E-state index contributed by atoms with van der Waals surface area (Å²) in [6.07, 6.45) is 13.0. The lowest BCUT2D eigenvalue weighted by Crippen LogP contribution is -2.30. The SMILES string of the molecule is C.C.C.C.Cc1ccccc1-c1n(-c2cccc3cccnc23)c2ccccc2[n+]1C.Cc1ccccc1-c1n(-c2cccc3ccncc23)c2ccccc2[n+]1C.Cc1ccccc1-c1n(-c2cccc3cnccc23)c2ccccc2[n+]1C.Cc1ccccc1-c1n(-c2cccc3ncccc23)c2ccccc2[n+]1C.[2H]C([2H])([2H])c1ccc2cccnc2c1-n1c(-c2ccccc2C)[n+](C)c2ccccc21. The van der Waals surface area contributed by atoms with Gasteiger partial charge in [-0.2, -0.15) is 22.8 Å². The number of aryl methyl sites for hydroxylation is 11. The van der Waals surface area contributed by atoms with Gasteiger partial charge >= 0.3 is 0 Å². The lowest BCUT2D eigenvalue weighted by molar-refractivity contribution is -0.634. The van der Waals surface area contributed by atoms with Gasteiger partial charge in [0, 0.05) is 79.8 Å². The zero-order valence-electron chi connectivity index (χ0n) is 80.5. The molecule has 15 nitrogen and oxygen atoms in total. The first-order valence-electron chi connectivity index (χ1n) is 47.4. The van der Waals surface area contributed by atoms with E-state index in [2.05, 4.69) is 438 Å². The summed E-state index contributed by atoms with van der Waals surface area (Å²) in [6, 6.07) is 130. The average Bonchev–Trinajstić information content (AvgIpc) is 1.60. The number of para-hydroxylation sites is 11. The Morgan fingerprint density at radius 3 is 0.971 bits per heavy atom. The van der Waals surface area contributed by atoms with Crippen molar-refractivity contribution >= 4 is 109 Å². The Bertz CT molecular complexity index is 8220. The van der Waals surface area contributed by atoms with Crippen LogP contribution >= 0.6 is 0 Å². The quantitative estimate of drug-likeness (QED) is 0.127. The second-order valence-corrected chi connectivity index (χ2v) is 34.6. The van der Waals surface area contributed by atoms with Crippen molar-refractivity contribution in [2.45, 2.75) is 71.2 Å². The first kappa shape index (κ1) is 90.5. The standard InChI is InChI=1S/C25H22N3.4C24H20N3.4CH4/c1-17-9-4-5-11-20(17)25-27(3)21-12-6-7-13-22(21)28(25)24-18(2)14-15-19-10-8-16-26-23(19)24;1-17-9-3-4-12-19(17)24-26(2)20-13-5-6-14-21(20)27(24)22-15-7-10-18-11-8-16-25-23(18)22;1-17-9-3-4-10-18(17)24-26(2)22-13-5-6-14-23(22)27(24)21-15-7-12-20-19(21)11-8-16-25-20;1-17-8-3-4-10-19(17)24-26(2)22-11-5-6-12-23(22)27(24)21-13-7-9-18-16-25-15-14-20(18)21;1-17-8-3-4-10-19(17)24-26(2)22-11-5-6-12-23(22)27(24)21-13-7-9-18-14-15-25-16-20(18)21;;;;/h4-16H,1-3H3;4*3-16H,1-2H3;4*1H4/q5*+1;;;;/i2D3;;;;;;;;. The second-order valence-electron chi connectivity index (χ2n) is 34.6. The molecule has 0 saturated carbocycles. The minimum absolute atomic E-state index is 0. The van der Waals surface area contributed by atoms with Gasteiger partial charge in [0.1, 0.15) is 28.1 Å². The van der Waals surface area contributed by atoms with Gasteiger partial charge in [-0.25, -0.2) is 22.8 Å². The number of imidazole rings is 5. The molecule has 0 spiro atoms. The third-order valence-electron chi connectivity index (χ3n) is 26.5. The van der Waals surface area contributed by atoms with Crippen molar-refractivity contribution in [3.8, 4) is 85.4 Å². The van der Waals surface area contributed by atoms with Crippen LogP contribution in [0.15, 0.2) is 419 Å². The molecule has 0 bridgehead atoms. The Morgan fingerprint density at radius 1 is 0.221 bits per heavy atom. The second kappa shape index (κ2) is 40.3. The predicted molar refractivity (Wildman–Crippen MR) is 581 cm³/mol. The number of hydrogen-bond donors (Lipinski definition) is 0. The van der Waals surface area contributed by atoms with E-state index in [0.29, 0.717) is 11.2 Å². The first-order chi connectivity index (χ1) is 67.9. The van der Waals surface area contributed by atoms with Crippen LogP contribution in [0.3, 0.4) is 0 Å². The highest BCUT2D eigenvalue weighted by Gasteiger charge is 2.35. The van der Waals surface area contributed by atoms with E-state index in [1.54, 1.807) is 12.3 Å². The summed E-state index contributed by atoms with van der Waals surface area (Å²) >= 11 is 0. The normalized spacial score (nSPS) is 11.4. The molecule has 0 N–H and O–H groups in total. The van der Waals surface area contributed by atoms with Gasteiger partial charge in [0.25, 0.3) is 29.1 Å². The zero-order valence-corrected chi connectivity index (χ0v) is 77.5. The minimum atomic E-state index is -2.28. The number of benzene rings is 15. The first-order valence-corrected chi connectivity index (χ1v) is 45.9. The van der Waals surface area contributed by atoms with Crippen LogP contribution in [0.5, 0.6) is 0 Å². The van der Waals surface area contributed by atoms with E-state index in [0.717, 1.165) is 88.8 Å². The molecular formula is C125H118N15+5. The molecular weight excluding hydrogens is 1710 g/mol. The summed E-state index contributed by atoms with van der Waals surface area (Å²) in [7, 11) is 10.6. The lowest BCUT2D eigenvalue weighted by atomic mass is 10.1. The largest absolute Gasteiger partial charge is 0.295 e. The van der Waals surface area contributed by atoms with Crippen LogP contribution in [0.1, 0.15) is 67.2 Å². The van der Waals surface area contributed by atoms with Gasteiger partial charge in [-0.15, -0.1) is 0 Å². The number of pyridine rings is 5. The topological polar surface area (TPSA) is 108 Å². The van der Waals surface area contributed by atoms with Crippen molar-refractivity contribution in [1.29, 1.82) is 0 Å². The third-order valence-corrected chi connectivity index (χ3v) is 26.5. The minimum Gasteiger partial charge on any atom is -0.264 e. The van der Waals surface area contributed by atoms with Crippen molar-refractivity contribution in [3.05, 3.63) is 453 Å². The summed E-state index contributed by atoms with van der Waals surface area (Å²) in [5.74, 6) is 5.60. The maximum Gasteiger partial charge on any atom is 0.295 e. The molecule has 0 aliphatic rings. The van der Waals surface area contributed by atoms with E-state index in [1.165, 1.54) is 123 Å². The molecule has 10 aromatic heterocycles. The van der Waals surface area contributed by atoms with Gasteiger partial charge in [0.15, 0.2) is 66.5 Å². The Hall–Kier alpha value is -17.3. The number of aromatic nitrogens is 15. The highest BCUT2D eigenvalue weighted by Crippen LogP contribution is 2.40. The van der Waals surface area contributed by atoms with E-state index in [9.17, 15) is 0 Å². The smallest absolute Gasteiger partial charge is 0.264 e. The van der Waals surface area contributed by atoms with Crippen LogP contribution in [0.2, 0.25) is 0 Å². The van der Waals surface area contributed by atoms with Crippen molar-refractivity contribution in [1.82, 2.24) is 47.8 Å². The lowest BCUT2D eigenvalue weighted by Gasteiger charge is -2.10. The molecule has 0 radical (unpaired) electrons. The fraction of sp³-hybridized carbons (Fsp3) is 0.120. The number of fused-ring (bicyclic) bond motifs is 10. The van der Waals surface area contributed by atoms with Crippen molar-refractivity contribution in [3.63, 3.8) is 0 Å². The predicted octanol–water partition coefficient (Wildman–Crippen LogP) is 27.7. The van der Waals surface area contributed by atoms with Gasteiger partial charge in [0.2, 0.25) is 0 Å². The molecule has 0 saturated heterocycles. The number of nitrogens with zero attached hydrogens (tertiary/aromatic N) is 15. The highest BCUT2D eigenvalue weighted by molar-refractivity contribution is 5.98. The Kier molecular flexibility index (Phi) is 26.1. The number of hydrogen-bond acceptors (Lipinski definition) is 5. The van der Waals surface area contributed by atoms with E-state index in [1.807, 2.05) is 105 Å². The van der Waals surface area contributed by atoms with E-state index < -0.39 is 6.85 Å². The van der Waals surface area contributed by atoms with E-state index in [-0.39, 0.29) is 35.3 Å². The fourth-order valence-corrected chi connectivity index (χ4v) is 19.9. The van der Waals surface area contributed by atoms with Gasteiger partial charge in [-0.05, 0) is 238 Å². The molecule has 0 aliphatic heterocycles. The van der Waals surface area contributed by atoms with E-state index >= 15 is 0 Å². The molecule has 15 heteroatoms. The molecule has 0 unspecified atom stereocenters. The van der Waals surface area contributed by atoms with Crippen molar-refractivity contribution in [2.24, 2.45) is 35.2 Å². The molecule has 140 heavy (non-hydrogen) atoms. The third kappa shape index (κ3) is 16.8. The van der Waals surface area contributed by atoms with Crippen molar-refractivity contribution < 1.29 is 26.9 Å². The van der Waals surface area contributed by atoms with Crippen LogP contribution in [0, 0.1) is 41.5 Å². The summed E-state index contributed by atoms with van der Waals surface area (Å²) in [4.78, 5) is 22.6. The molecule has 15 aromatic carbocycles. The molecule has 0 amide bonds.